The van der Waals surface area contributed by atoms with E-state index in [0.29, 0.717) is 23.7 Å². The summed E-state index contributed by atoms with van der Waals surface area (Å²) < 4.78 is 6.91. The van der Waals surface area contributed by atoms with E-state index in [9.17, 15) is 4.79 Å². The van der Waals surface area contributed by atoms with E-state index < -0.39 is 0 Å². The quantitative estimate of drug-likeness (QED) is 0.431. The van der Waals surface area contributed by atoms with Gasteiger partial charge in [-0.25, -0.2) is 9.78 Å². The standard InChI is InChI=1S/C24H25N5O3/c1-16-4-6-20(19(14-16)23(31)32-3)26-18-5-7-21-17(15-18)9-11-29(21)22-8-10-25-24(27-22)28(2)12-13-30/h4-11,14-15,26,30H,12-13H2,1-3H3. The van der Waals surface area contributed by atoms with Gasteiger partial charge in [0.05, 0.1) is 30.5 Å². The minimum Gasteiger partial charge on any atom is -0.465 e. The Morgan fingerprint density at radius 3 is 2.81 bits per heavy atom. The minimum absolute atomic E-state index is 0.0327. The number of aliphatic hydroxyl groups is 1. The molecule has 0 aliphatic heterocycles. The Hall–Kier alpha value is -3.91. The number of benzene rings is 2. The number of anilines is 3. The van der Waals surface area contributed by atoms with Gasteiger partial charge in [0, 0.05) is 37.1 Å². The Labute approximate surface area is 186 Å². The summed E-state index contributed by atoms with van der Waals surface area (Å²) in [7, 11) is 3.22. The zero-order valence-electron chi connectivity index (χ0n) is 18.2. The van der Waals surface area contributed by atoms with Gasteiger partial charge in [0.1, 0.15) is 5.82 Å². The van der Waals surface area contributed by atoms with E-state index in [1.54, 1.807) is 11.1 Å². The number of esters is 1. The molecule has 0 atom stereocenters. The second kappa shape index (κ2) is 9.07. The first-order chi connectivity index (χ1) is 15.5. The Kier molecular flexibility index (Phi) is 6.04. The van der Waals surface area contributed by atoms with E-state index in [1.807, 2.05) is 73.3 Å². The van der Waals surface area contributed by atoms with E-state index in [0.717, 1.165) is 28.0 Å². The number of carbonyl (C=O) groups excluding carboxylic acids is 1. The Bertz CT molecular complexity index is 1270. The Morgan fingerprint density at radius 1 is 1.19 bits per heavy atom. The zero-order valence-corrected chi connectivity index (χ0v) is 18.2. The molecule has 0 bridgehead atoms. The third-order valence-electron chi connectivity index (χ3n) is 5.20. The fourth-order valence-corrected chi connectivity index (χ4v) is 3.53. The topological polar surface area (TPSA) is 92.5 Å². The van der Waals surface area contributed by atoms with Crippen molar-refractivity contribution in [1.82, 2.24) is 14.5 Å². The normalized spacial score (nSPS) is 10.9. The highest BCUT2D eigenvalue weighted by molar-refractivity contribution is 5.97. The van der Waals surface area contributed by atoms with Crippen LogP contribution >= 0.6 is 0 Å². The van der Waals surface area contributed by atoms with Crippen LogP contribution in [0.15, 0.2) is 60.9 Å². The van der Waals surface area contributed by atoms with Crippen LogP contribution in [0.1, 0.15) is 15.9 Å². The largest absolute Gasteiger partial charge is 0.465 e. The van der Waals surface area contributed by atoms with Gasteiger partial charge >= 0.3 is 5.97 Å². The van der Waals surface area contributed by atoms with Crippen molar-refractivity contribution in [2.75, 3.05) is 37.5 Å². The molecule has 0 amide bonds. The van der Waals surface area contributed by atoms with Gasteiger partial charge in [0.2, 0.25) is 5.95 Å². The highest BCUT2D eigenvalue weighted by Gasteiger charge is 2.13. The molecule has 0 saturated heterocycles. The summed E-state index contributed by atoms with van der Waals surface area (Å²) in [6.07, 6.45) is 3.66. The van der Waals surface area contributed by atoms with Crippen molar-refractivity contribution in [3.05, 3.63) is 72.1 Å². The molecule has 2 aromatic carbocycles. The van der Waals surface area contributed by atoms with Crippen LogP contribution in [0.5, 0.6) is 0 Å². The SMILES string of the molecule is COC(=O)c1cc(C)ccc1Nc1ccc2c(ccn2-c2ccnc(N(C)CCO)n2)c1. The summed E-state index contributed by atoms with van der Waals surface area (Å²) in [5.41, 5.74) is 4.01. The molecule has 2 N–H and O–H groups in total. The Balaban J connectivity index is 1.65. The smallest absolute Gasteiger partial charge is 0.339 e. The van der Waals surface area contributed by atoms with Gasteiger partial charge in [-0.05, 0) is 49.4 Å². The van der Waals surface area contributed by atoms with Crippen molar-refractivity contribution in [3.8, 4) is 5.82 Å². The lowest BCUT2D eigenvalue weighted by Gasteiger charge is -2.16. The van der Waals surface area contributed by atoms with Crippen LogP contribution in [0.3, 0.4) is 0 Å². The van der Waals surface area contributed by atoms with Gasteiger partial charge in [-0.3, -0.25) is 0 Å². The molecule has 0 aliphatic rings. The lowest BCUT2D eigenvalue weighted by molar-refractivity contribution is 0.0602. The summed E-state index contributed by atoms with van der Waals surface area (Å²) in [5.74, 6) is 0.905. The first kappa shape index (κ1) is 21.3. The molecule has 0 unspecified atom stereocenters. The number of aliphatic hydroxyl groups excluding tert-OH is 1. The fourth-order valence-electron chi connectivity index (χ4n) is 3.53. The van der Waals surface area contributed by atoms with Crippen molar-refractivity contribution in [1.29, 1.82) is 0 Å². The maximum atomic E-state index is 12.2. The average Bonchev–Trinajstić information content (AvgIpc) is 3.23. The van der Waals surface area contributed by atoms with Crippen molar-refractivity contribution in [3.63, 3.8) is 0 Å². The zero-order chi connectivity index (χ0) is 22.7. The van der Waals surface area contributed by atoms with Crippen molar-refractivity contribution < 1.29 is 14.6 Å². The Morgan fingerprint density at radius 2 is 2.03 bits per heavy atom. The van der Waals surface area contributed by atoms with E-state index in [-0.39, 0.29) is 12.6 Å². The number of hydrogen-bond acceptors (Lipinski definition) is 7. The molecule has 0 aliphatic carbocycles. The average molecular weight is 431 g/mol. The van der Waals surface area contributed by atoms with E-state index in [1.165, 1.54) is 7.11 Å². The number of carbonyl (C=O) groups is 1. The van der Waals surface area contributed by atoms with Gasteiger partial charge in [0.15, 0.2) is 0 Å². The molecule has 32 heavy (non-hydrogen) atoms. The molecular formula is C24H25N5O3. The first-order valence-corrected chi connectivity index (χ1v) is 10.2. The number of fused-ring (bicyclic) bond motifs is 1. The van der Waals surface area contributed by atoms with Crippen molar-refractivity contribution >= 4 is 34.2 Å². The monoisotopic (exact) mass is 431 g/mol. The molecule has 4 aromatic rings. The molecule has 0 spiro atoms. The number of nitrogens with zero attached hydrogens (tertiary/aromatic N) is 4. The van der Waals surface area contributed by atoms with Gasteiger partial charge in [-0.1, -0.05) is 11.6 Å². The fraction of sp³-hybridized carbons (Fsp3) is 0.208. The van der Waals surface area contributed by atoms with Crippen LogP contribution in [0.25, 0.3) is 16.7 Å². The third-order valence-corrected chi connectivity index (χ3v) is 5.20. The molecule has 0 radical (unpaired) electrons. The summed E-state index contributed by atoms with van der Waals surface area (Å²) in [4.78, 5) is 22.9. The summed E-state index contributed by atoms with van der Waals surface area (Å²) in [5, 5.41) is 13.5. The number of ether oxygens (including phenoxy) is 1. The second-order valence-electron chi connectivity index (χ2n) is 7.48. The van der Waals surface area contributed by atoms with Gasteiger partial charge in [-0.15, -0.1) is 0 Å². The summed E-state index contributed by atoms with van der Waals surface area (Å²) >= 11 is 0. The van der Waals surface area contributed by atoms with Crippen molar-refractivity contribution in [2.45, 2.75) is 6.92 Å². The molecule has 8 nitrogen and oxygen atoms in total. The number of aromatic nitrogens is 3. The molecular weight excluding hydrogens is 406 g/mol. The number of methoxy groups -OCH3 is 1. The minimum atomic E-state index is -0.380. The number of nitrogens with one attached hydrogen (secondary N) is 1. The number of hydrogen-bond donors (Lipinski definition) is 2. The summed E-state index contributed by atoms with van der Waals surface area (Å²) in [6, 6.07) is 15.5. The van der Waals surface area contributed by atoms with Crippen LogP contribution in [0.2, 0.25) is 0 Å². The second-order valence-corrected chi connectivity index (χ2v) is 7.48. The molecule has 164 valence electrons. The van der Waals surface area contributed by atoms with E-state index >= 15 is 0 Å². The predicted molar refractivity (Wildman–Crippen MR) is 125 cm³/mol. The molecule has 8 heteroatoms. The lowest BCUT2D eigenvalue weighted by atomic mass is 10.1. The van der Waals surface area contributed by atoms with Crippen LogP contribution in [0.4, 0.5) is 17.3 Å². The lowest BCUT2D eigenvalue weighted by Crippen LogP contribution is -2.23. The van der Waals surface area contributed by atoms with Crippen LogP contribution in [-0.2, 0) is 4.74 Å². The van der Waals surface area contributed by atoms with E-state index in [2.05, 4.69) is 15.3 Å². The van der Waals surface area contributed by atoms with Gasteiger partial charge in [0.25, 0.3) is 0 Å². The number of aryl methyl sites for hydroxylation is 1. The molecule has 2 aromatic heterocycles. The predicted octanol–water partition coefficient (Wildman–Crippen LogP) is 3.69. The maximum absolute atomic E-state index is 12.2. The summed E-state index contributed by atoms with van der Waals surface area (Å²) in [6.45, 7) is 2.42. The molecule has 4 rings (SSSR count). The molecule has 2 heterocycles. The van der Waals surface area contributed by atoms with Crippen LogP contribution < -0.4 is 10.2 Å². The third kappa shape index (κ3) is 4.26. The first-order valence-electron chi connectivity index (χ1n) is 10.2. The van der Waals surface area contributed by atoms with Crippen LogP contribution in [0, 0.1) is 6.92 Å². The van der Waals surface area contributed by atoms with Crippen LogP contribution in [-0.4, -0.2) is 52.9 Å². The van der Waals surface area contributed by atoms with Gasteiger partial charge in [-0.2, -0.15) is 4.98 Å². The molecule has 0 saturated carbocycles. The maximum Gasteiger partial charge on any atom is 0.339 e. The van der Waals surface area contributed by atoms with Gasteiger partial charge < -0.3 is 24.6 Å². The highest BCUT2D eigenvalue weighted by atomic mass is 16.5. The number of likely N-dealkylation sites (N-methyl/N-ethyl adjacent to an activating group) is 1. The molecule has 0 fully saturated rings. The highest BCUT2D eigenvalue weighted by Crippen LogP contribution is 2.27. The number of rotatable bonds is 7. The van der Waals surface area contributed by atoms with E-state index in [4.69, 9.17) is 9.84 Å². The van der Waals surface area contributed by atoms with Crippen molar-refractivity contribution in [2.24, 2.45) is 0 Å².